The van der Waals surface area contributed by atoms with Crippen LogP contribution in [0.25, 0.3) is 4.85 Å². The summed E-state index contributed by atoms with van der Waals surface area (Å²) in [4.78, 5) is 21.2. The molecule has 3 aromatic rings. The van der Waals surface area contributed by atoms with Crippen LogP contribution in [-0.4, -0.2) is 38.2 Å². The van der Waals surface area contributed by atoms with Gasteiger partial charge in [0.25, 0.3) is 6.04 Å². The second-order valence-corrected chi connectivity index (χ2v) is 9.78. The fraction of sp³-hybridized carbons (Fsp3) is 0.286. The van der Waals surface area contributed by atoms with E-state index in [1.165, 1.54) is 0 Å². The third-order valence-electron chi connectivity index (χ3n) is 7.52. The van der Waals surface area contributed by atoms with E-state index in [0.29, 0.717) is 23.0 Å². The summed E-state index contributed by atoms with van der Waals surface area (Å²) in [7, 11) is 0. The Labute approximate surface area is 198 Å². The van der Waals surface area contributed by atoms with Crippen molar-refractivity contribution in [1.82, 2.24) is 0 Å². The summed E-state index contributed by atoms with van der Waals surface area (Å²) in [6.45, 7) is 13.0. The third kappa shape index (κ3) is 2.52. The lowest BCUT2D eigenvalue weighted by molar-refractivity contribution is 0.0224. The van der Waals surface area contributed by atoms with E-state index >= 15 is 0 Å². The molecule has 0 radical (unpaired) electrons. The number of hydrogen-bond donors (Lipinski definition) is 0. The Balaban J connectivity index is 1.40. The Hall–Kier alpha value is -3.98. The minimum absolute atomic E-state index is 0.0492. The monoisotopic (exact) mass is 449 g/mol. The molecule has 0 bridgehead atoms. The number of esters is 1. The number of fused-ring (bicyclic) bond motifs is 6. The van der Waals surface area contributed by atoms with Crippen molar-refractivity contribution in [3.63, 3.8) is 0 Å². The van der Waals surface area contributed by atoms with Gasteiger partial charge in [0.2, 0.25) is 0 Å². The van der Waals surface area contributed by atoms with E-state index in [1.54, 1.807) is 0 Å². The number of anilines is 2. The molecule has 0 saturated carbocycles. The van der Waals surface area contributed by atoms with E-state index in [0.717, 1.165) is 54.2 Å². The second kappa shape index (κ2) is 6.77. The van der Waals surface area contributed by atoms with Crippen molar-refractivity contribution in [3.05, 3.63) is 94.3 Å². The van der Waals surface area contributed by atoms with Crippen LogP contribution in [0.4, 0.5) is 11.4 Å². The van der Waals surface area contributed by atoms with E-state index < -0.39 is 5.60 Å². The third-order valence-corrected chi connectivity index (χ3v) is 7.52. The molecule has 4 heterocycles. The first-order valence-corrected chi connectivity index (χ1v) is 11.7. The highest BCUT2D eigenvalue weighted by atomic mass is 16.6. The van der Waals surface area contributed by atoms with Gasteiger partial charge in [0.15, 0.2) is 5.60 Å². The first kappa shape index (κ1) is 19.5. The maximum absolute atomic E-state index is 13.0. The number of carbonyl (C=O) groups excluding carboxylic acids is 1. The zero-order valence-corrected chi connectivity index (χ0v) is 18.8. The Morgan fingerprint density at radius 3 is 2.12 bits per heavy atom. The van der Waals surface area contributed by atoms with Crippen molar-refractivity contribution >= 4 is 17.3 Å². The number of carbonyl (C=O) groups is 1. The van der Waals surface area contributed by atoms with Crippen LogP contribution >= 0.6 is 0 Å². The van der Waals surface area contributed by atoms with Gasteiger partial charge in [-0.1, -0.05) is 25.1 Å². The van der Waals surface area contributed by atoms with Gasteiger partial charge < -0.3 is 24.1 Å². The lowest BCUT2D eigenvalue weighted by Gasteiger charge is -2.41. The summed E-state index contributed by atoms with van der Waals surface area (Å²) in [6.07, 6.45) is 0. The van der Waals surface area contributed by atoms with Gasteiger partial charge in [0.05, 0.1) is 18.7 Å². The van der Waals surface area contributed by atoms with Gasteiger partial charge in [-0.05, 0) is 36.2 Å². The summed E-state index contributed by atoms with van der Waals surface area (Å²) < 4.78 is 12.8. The van der Waals surface area contributed by atoms with Gasteiger partial charge in [0, 0.05) is 53.3 Å². The molecule has 3 aromatic carbocycles. The van der Waals surface area contributed by atoms with Gasteiger partial charge in [-0.2, -0.15) is 0 Å². The molecule has 6 nitrogen and oxygen atoms in total. The van der Waals surface area contributed by atoms with Crippen LogP contribution in [0.5, 0.6) is 11.5 Å². The lowest BCUT2D eigenvalue weighted by Crippen LogP contribution is -2.49. The molecule has 7 rings (SSSR count). The van der Waals surface area contributed by atoms with Crippen molar-refractivity contribution in [2.45, 2.75) is 18.6 Å². The molecule has 0 aromatic heterocycles. The highest BCUT2D eigenvalue weighted by molar-refractivity contribution is 5.97. The summed E-state index contributed by atoms with van der Waals surface area (Å²) in [5.74, 6) is 1.77. The minimum atomic E-state index is -1.04. The molecule has 4 aliphatic rings. The molecule has 2 saturated heterocycles. The molecule has 0 amide bonds. The van der Waals surface area contributed by atoms with E-state index in [-0.39, 0.29) is 12.0 Å². The molecule has 4 aliphatic heterocycles. The minimum Gasteiger partial charge on any atom is -0.456 e. The first-order valence-electron chi connectivity index (χ1n) is 11.7. The average molecular weight is 450 g/mol. The zero-order chi connectivity index (χ0) is 23.0. The van der Waals surface area contributed by atoms with Crippen molar-refractivity contribution in [1.29, 1.82) is 0 Å². The predicted octanol–water partition coefficient (Wildman–Crippen LogP) is 4.82. The first-order chi connectivity index (χ1) is 16.6. The summed E-state index contributed by atoms with van der Waals surface area (Å²) in [5.41, 5.74) is 4.21. The smallest absolute Gasteiger partial charge is 0.340 e. The van der Waals surface area contributed by atoms with Crippen molar-refractivity contribution in [2.75, 3.05) is 36.0 Å². The second-order valence-electron chi connectivity index (χ2n) is 9.78. The summed E-state index contributed by atoms with van der Waals surface area (Å²) >= 11 is 0. The maximum atomic E-state index is 13.0. The van der Waals surface area contributed by atoms with Gasteiger partial charge in [-0.15, -0.1) is 0 Å². The van der Waals surface area contributed by atoms with Gasteiger partial charge in [-0.25, -0.2) is 11.4 Å². The quantitative estimate of drug-likeness (QED) is 0.415. The molecule has 2 fully saturated rings. The number of ether oxygens (including phenoxy) is 2. The van der Waals surface area contributed by atoms with Crippen LogP contribution in [0, 0.1) is 12.5 Å². The molecule has 1 atom stereocenters. The fourth-order valence-corrected chi connectivity index (χ4v) is 5.70. The van der Waals surface area contributed by atoms with Crippen molar-refractivity contribution in [2.24, 2.45) is 5.92 Å². The Bertz CT molecular complexity index is 1400. The lowest BCUT2D eigenvalue weighted by atomic mass is 9.77. The topological polar surface area (TPSA) is 46.4 Å². The van der Waals surface area contributed by atoms with E-state index in [1.807, 2.05) is 42.5 Å². The fourth-order valence-electron chi connectivity index (χ4n) is 5.70. The predicted molar refractivity (Wildman–Crippen MR) is 129 cm³/mol. The van der Waals surface area contributed by atoms with Crippen LogP contribution in [0.2, 0.25) is 0 Å². The van der Waals surface area contributed by atoms with Gasteiger partial charge >= 0.3 is 5.97 Å². The maximum Gasteiger partial charge on any atom is 0.340 e. The average Bonchev–Trinajstić information content (AvgIpc) is 3.09. The number of rotatable bonds is 2. The number of nitrogens with zero attached hydrogens (tertiary/aromatic N) is 3. The van der Waals surface area contributed by atoms with Crippen LogP contribution < -0.4 is 14.5 Å². The Kier molecular flexibility index (Phi) is 3.88. The normalized spacial score (nSPS) is 22.6. The molecule has 168 valence electrons. The highest BCUT2D eigenvalue weighted by Gasteiger charge is 2.53. The molecule has 1 spiro atoms. The largest absolute Gasteiger partial charge is 0.456 e. The van der Waals surface area contributed by atoms with Crippen LogP contribution in [0.1, 0.15) is 34.0 Å². The number of benzene rings is 3. The van der Waals surface area contributed by atoms with E-state index in [2.05, 4.69) is 39.8 Å². The van der Waals surface area contributed by atoms with Crippen molar-refractivity contribution < 1.29 is 14.3 Å². The molecule has 6 heteroatoms. The zero-order valence-electron chi connectivity index (χ0n) is 18.8. The van der Waals surface area contributed by atoms with Crippen molar-refractivity contribution in [3.8, 4) is 11.5 Å². The summed E-state index contributed by atoms with van der Waals surface area (Å²) in [5, 5.41) is 0. The Morgan fingerprint density at radius 1 is 0.882 bits per heavy atom. The molecule has 0 N–H and O–H groups in total. The molecule has 0 aliphatic carbocycles. The molecular formula is C28H23N3O3. The standard InChI is InChI=1S/C28H23N3O3/c1-17-13-30(14-17)19-7-9-23-25(11-19)33-26-12-20(31-15-18(16-31)29-2)8-10-24(26)28(23)22-6-4-3-5-21(22)27(32)34-28/h3-12,17-18H,13-16H2,1H3. The van der Waals surface area contributed by atoms with E-state index in [9.17, 15) is 4.79 Å². The van der Waals surface area contributed by atoms with Crippen LogP contribution in [0.3, 0.4) is 0 Å². The summed E-state index contributed by atoms with van der Waals surface area (Å²) in [6, 6.07) is 20.0. The van der Waals surface area contributed by atoms with Crippen LogP contribution in [-0.2, 0) is 10.3 Å². The molecule has 34 heavy (non-hydrogen) atoms. The Morgan fingerprint density at radius 2 is 1.50 bits per heavy atom. The number of hydrogen-bond acceptors (Lipinski definition) is 5. The van der Waals surface area contributed by atoms with Crippen LogP contribution in [0.15, 0.2) is 60.7 Å². The van der Waals surface area contributed by atoms with Gasteiger partial charge in [-0.3, -0.25) is 0 Å². The van der Waals surface area contributed by atoms with E-state index in [4.69, 9.17) is 16.0 Å². The molecular weight excluding hydrogens is 426 g/mol. The molecule has 1 unspecified atom stereocenters. The SMILES string of the molecule is [C-]#[N+]C1CN(c2ccc3c(c2)Oc2cc(N4CC(C)C4)ccc2C32OC(=O)c3ccccc32)C1. The van der Waals surface area contributed by atoms with Gasteiger partial charge in [0.1, 0.15) is 11.5 Å². The highest BCUT2D eigenvalue weighted by Crippen LogP contribution is 2.57.